The zero-order chi connectivity index (χ0) is 57.9. The lowest BCUT2D eigenvalue weighted by atomic mass is 9.76. The van der Waals surface area contributed by atoms with Gasteiger partial charge in [0, 0.05) is 117 Å². The van der Waals surface area contributed by atoms with Gasteiger partial charge in [-0.1, -0.05) is 57.2 Å². The van der Waals surface area contributed by atoms with Gasteiger partial charge in [-0.25, -0.2) is 10.4 Å². The lowest BCUT2D eigenvalue weighted by Crippen LogP contribution is -2.70. The van der Waals surface area contributed by atoms with Gasteiger partial charge in [-0.3, -0.25) is 39.0 Å². The Morgan fingerprint density at radius 3 is 2.44 bits per heavy atom. The molecule has 2 N–H and O–H groups in total. The van der Waals surface area contributed by atoms with Crippen LogP contribution in [0.1, 0.15) is 100 Å². The number of piperazine rings is 1. The first-order chi connectivity index (χ1) is 40.7. The van der Waals surface area contributed by atoms with Gasteiger partial charge in [0.1, 0.15) is 23.7 Å². The number of hydrazine groups is 1. The van der Waals surface area contributed by atoms with E-state index in [2.05, 4.69) is 80.4 Å². The first-order valence-corrected chi connectivity index (χ1v) is 31.5. The van der Waals surface area contributed by atoms with Crippen LogP contribution in [0.4, 0.5) is 5.69 Å². The fourth-order valence-corrected chi connectivity index (χ4v) is 14.9. The predicted molar refractivity (Wildman–Crippen MR) is 316 cm³/mol. The quantitative estimate of drug-likeness (QED) is 0.101. The van der Waals surface area contributed by atoms with Crippen molar-refractivity contribution >= 4 is 51.7 Å². The monoisotopic (exact) mass is 1170 g/mol. The molecule has 9 heterocycles. The topological polar surface area (TPSA) is 191 Å². The molecule has 0 radical (unpaired) electrons. The summed E-state index contributed by atoms with van der Waals surface area (Å²) < 4.78 is 38.8. The summed E-state index contributed by atoms with van der Waals surface area (Å²) in [6.07, 6.45) is 7.57. The number of esters is 2. The number of hydrogen-bond acceptors (Lipinski definition) is 17. The SMILES string of the molecule is CO[C@@H](C)c1ncc(N2CCN(C3CC3)CC2)cc1-c1c2c3cc(ccc3n1CCOC1CCOCC1)-c1csc(n1)[C@@H](N1CC3(COC3)C1)[C@H](NC(=O)[C@@H]1[C@@H](C)[C@H]1C(=O)OCc1ccccc1)C(=O)N1CCC[C@H](N1)C(=O)OCC(C)(C)C2. The molecule has 0 unspecified atom stereocenters. The van der Waals surface area contributed by atoms with E-state index in [1.165, 1.54) is 29.2 Å². The minimum Gasteiger partial charge on any atom is -0.464 e. The highest BCUT2D eigenvalue weighted by atomic mass is 32.1. The fraction of sp³-hybridized carbons (Fsp3) is 0.594. The maximum Gasteiger partial charge on any atom is 0.324 e. The van der Waals surface area contributed by atoms with Crippen LogP contribution in [0.15, 0.2) is 66.2 Å². The smallest absolute Gasteiger partial charge is 0.324 e. The van der Waals surface area contributed by atoms with Crippen molar-refractivity contribution in [2.45, 2.75) is 122 Å². The molecular formula is C64H81N9O10S. The molecule has 2 aromatic carbocycles. The van der Waals surface area contributed by atoms with Gasteiger partial charge in [0.05, 0.1) is 85.5 Å². The lowest BCUT2D eigenvalue weighted by molar-refractivity contribution is -0.202. The van der Waals surface area contributed by atoms with Gasteiger partial charge in [-0.15, -0.1) is 11.3 Å². The van der Waals surface area contributed by atoms with Crippen molar-refractivity contribution in [2.75, 3.05) is 97.5 Å². The molecular weight excluding hydrogens is 1090 g/mol. The highest BCUT2D eigenvalue weighted by molar-refractivity contribution is 7.10. The fourth-order valence-electron chi connectivity index (χ4n) is 13.9. The van der Waals surface area contributed by atoms with Gasteiger partial charge in [-0.2, -0.15) is 0 Å². The van der Waals surface area contributed by atoms with Crippen LogP contribution >= 0.6 is 11.3 Å². The van der Waals surface area contributed by atoms with E-state index in [-0.39, 0.29) is 36.8 Å². The van der Waals surface area contributed by atoms with E-state index < -0.39 is 59.1 Å². The van der Waals surface area contributed by atoms with Crippen LogP contribution in [0.5, 0.6) is 0 Å². The molecule has 5 aromatic rings. The van der Waals surface area contributed by atoms with Gasteiger partial charge < -0.3 is 43.2 Å². The highest BCUT2D eigenvalue weighted by Crippen LogP contribution is 2.49. The summed E-state index contributed by atoms with van der Waals surface area (Å²) >= 11 is 1.47. The van der Waals surface area contributed by atoms with E-state index in [0.29, 0.717) is 89.5 Å². The van der Waals surface area contributed by atoms with Crippen molar-refractivity contribution in [3.63, 3.8) is 0 Å². The van der Waals surface area contributed by atoms with Gasteiger partial charge >= 0.3 is 11.9 Å². The number of anilines is 1. The van der Waals surface area contributed by atoms with Crippen molar-refractivity contribution in [3.05, 3.63) is 88.0 Å². The summed E-state index contributed by atoms with van der Waals surface area (Å²) in [5.41, 5.74) is 11.2. The number of nitrogens with one attached hydrogen (secondary N) is 2. The Labute approximate surface area is 496 Å². The number of carbonyl (C=O) groups excluding carboxylic acids is 4. The molecule has 8 aliphatic rings. The average molecular weight is 1170 g/mol. The second kappa shape index (κ2) is 23.8. The molecule has 19 nitrogen and oxygen atoms in total. The van der Waals surface area contributed by atoms with Crippen LogP contribution in [0.25, 0.3) is 33.4 Å². The number of amides is 2. The van der Waals surface area contributed by atoms with Crippen molar-refractivity contribution in [1.82, 2.24) is 40.1 Å². The van der Waals surface area contributed by atoms with Gasteiger partial charge in [0.15, 0.2) is 0 Å². The molecule has 6 bridgehead atoms. The van der Waals surface area contributed by atoms with Crippen molar-refractivity contribution in [1.29, 1.82) is 0 Å². The van der Waals surface area contributed by atoms with Crippen molar-refractivity contribution in [2.24, 2.45) is 28.6 Å². The molecule has 2 aliphatic carbocycles. The molecule has 2 saturated carbocycles. The summed E-state index contributed by atoms with van der Waals surface area (Å²) in [6.45, 7) is 17.5. The number of carbonyl (C=O) groups is 4. The number of hydrogen-bond donors (Lipinski definition) is 2. The standard InChI is InChI=1S/C64H81N9O10S/c1-39-52(53(39)62(77)82-32-41-10-7-6-8-11-41)58(74)67-55-57(71-34-64(35-71)37-80-38-64)59-66-50(33-84-59)42-13-16-51-46(28-42)48(30-63(3,4)36-83-61(76)49-12-9-19-73(68-49)60(55)75)56(72(51)24-27-81-45-17-25-79-26-18-45)47-29-44(31-65-54(47)40(2)78-5)70-22-20-69(21-23-70)43-14-15-43/h6-8,10-11,13,16,28-29,31,33,39-40,43,45,49,52-53,55,57,68H,9,12,14-15,17-27,30,32,34-38H2,1-5H3,(H,67,74)/t39-,40+,49+,52-,53-,55+,57+/m1/s1. The van der Waals surface area contributed by atoms with E-state index in [9.17, 15) is 14.4 Å². The summed E-state index contributed by atoms with van der Waals surface area (Å²) in [5.74, 6) is -3.37. The van der Waals surface area contributed by atoms with Crippen molar-refractivity contribution < 1.29 is 47.6 Å². The van der Waals surface area contributed by atoms with Crippen LogP contribution in [-0.2, 0) is 67.2 Å². The number of ether oxygens (including phenoxy) is 6. The number of thiazole rings is 1. The Hall–Kier alpha value is -5.84. The van der Waals surface area contributed by atoms with E-state index in [4.69, 9.17) is 38.4 Å². The largest absolute Gasteiger partial charge is 0.464 e. The van der Waals surface area contributed by atoms with Crippen LogP contribution < -0.4 is 15.6 Å². The number of pyridine rings is 1. The zero-order valence-corrected chi connectivity index (χ0v) is 50.0. The van der Waals surface area contributed by atoms with Crippen LogP contribution in [0.3, 0.4) is 0 Å². The van der Waals surface area contributed by atoms with Crippen LogP contribution in [0, 0.1) is 28.6 Å². The molecule has 7 atom stereocenters. The third-order valence-electron chi connectivity index (χ3n) is 19.1. The molecule has 6 aliphatic heterocycles. The normalized spacial score (nSPS) is 26.9. The average Bonchev–Trinajstić information content (AvgIpc) is 4.15. The molecule has 5 saturated heterocycles. The van der Waals surface area contributed by atoms with Crippen molar-refractivity contribution in [3.8, 4) is 22.5 Å². The van der Waals surface area contributed by atoms with E-state index >= 15 is 4.79 Å². The lowest BCUT2D eigenvalue weighted by Gasteiger charge is -2.58. The number of benzene rings is 2. The zero-order valence-electron chi connectivity index (χ0n) is 49.2. The Bertz CT molecular complexity index is 3230. The minimum absolute atomic E-state index is 0.0581. The molecule has 20 heteroatoms. The van der Waals surface area contributed by atoms with Gasteiger partial charge in [-0.05, 0) is 87.1 Å². The minimum atomic E-state index is -1.15. The molecule has 13 rings (SSSR count). The molecule has 1 spiro atoms. The third kappa shape index (κ3) is 11.7. The van der Waals surface area contributed by atoms with Crippen LogP contribution in [0.2, 0.25) is 0 Å². The summed E-state index contributed by atoms with van der Waals surface area (Å²) in [6, 6.07) is 16.4. The van der Waals surface area contributed by atoms with E-state index in [1.54, 1.807) is 7.11 Å². The molecule has 7 fully saturated rings. The Morgan fingerprint density at radius 1 is 0.917 bits per heavy atom. The number of methoxy groups -OCH3 is 1. The highest BCUT2D eigenvalue weighted by Gasteiger charge is 2.59. The second-order valence-electron chi connectivity index (χ2n) is 25.8. The Kier molecular flexibility index (Phi) is 16.2. The van der Waals surface area contributed by atoms with Gasteiger partial charge in [0.25, 0.3) is 5.91 Å². The first kappa shape index (κ1) is 57.2. The predicted octanol–water partition coefficient (Wildman–Crippen LogP) is 7.12. The first-order valence-electron chi connectivity index (χ1n) is 30.6. The molecule has 2 amide bonds. The summed E-state index contributed by atoms with van der Waals surface area (Å²) in [4.78, 5) is 76.5. The number of rotatable bonds is 15. The van der Waals surface area contributed by atoms with E-state index in [0.717, 1.165) is 94.9 Å². The summed E-state index contributed by atoms with van der Waals surface area (Å²) in [5, 5.41) is 8.48. The molecule has 448 valence electrons. The third-order valence-corrected chi connectivity index (χ3v) is 20.0. The number of cyclic esters (lactones) is 1. The molecule has 84 heavy (non-hydrogen) atoms. The number of likely N-dealkylation sites (tertiary alicyclic amines) is 1. The Balaban J connectivity index is 0.912. The van der Waals surface area contributed by atoms with E-state index in [1.807, 2.05) is 43.5 Å². The number of aromatic nitrogens is 3. The van der Waals surface area contributed by atoms with Gasteiger partial charge in [0.2, 0.25) is 5.91 Å². The Morgan fingerprint density at radius 2 is 1.70 bits per heavy atom. The van der Waals surface area contributed by atoms with Crippen LogP contribution in [-0.4, -0.2) is 170 Å². The maximum absolute atomic E-state index is 15.5. The maximum atomic E-state index is 15.5. The molecule has 3 aromatic heterocycles. The second-order valence-corrected chi connectivity index (χ2v) is 26.7. The number of nitrogens with zero attached hydrogens (tertiary/aromatic N) is 7. The number of fused-ring (bicyclic) bond motifs is 6. The summed E-state index contributed by atoms with van der Waals surface area (Å²) in [7, 11) is 1.73.